The molecule has 1 unspecified atom stereocenters. The zero-order valence-electron chi connectivity index (χ0n) is 13.7. The van der Waals surface area contributed by atoms with Crippen LogP contribution < -0.4 is 10.6 Å². The molecule has 24 heavy (non-hydrogen) atoms. The van der Waals surface area contributed by atoms with Crippen LogP contribution >= 0.6 is 11.6 Å². The number of carbonyl (C=O) groups excluding carboxylic acids is 1. The molecule has 1 aliphatic carbocycles. The van der Waals surface area contributed by atoms with Crippen LogP contribution in [0.25, 0.3) is 5.69 Å². The van der Waals surface area contributed by atoms with Crippen LogP contribution in [0.3, 0.4) is 0 Å². The van der Waals surface area contributed by atoms with Crippen LogP contribution in [0, 0.1) is 12.8 Å². The summed E-state index contributed by atoms with van der Waals surface area (Å²) in [6.07, 6.45) is 2.05. The van der Waals surface area contributed by atoms with Gasteiger partial charge < -0.3 is 10.4 Å². The van der Waals surface area contributed by atoms with Gasteiger partial charge in [0.05, 0.1) is 22.9 Å². The number of nitrogens with one attached hydrogen (secondary N) is 2. The van der Waals surface area contributed by atoms with E-state index in [0.29, 0.717) is 16.8 Å². The summed E-state index contributed by atoms with van der Waals surface area (Å²) < 4.78 is 1.68. The van der Waals surface area contributed by atoms with Crippen molar-refractivity contribution in [1.82, 2.24) is 15.1 Å². The third-order valence-corrected chi connectivity index (χ3v) is 4.74. The summed E-state index contributed by atoms with van der Waals surface area (Å²) in [5, 5.41) is 20.1. The van der Waals surface area contributed by atoms with Crippen molar-refractivity contribution in [3.63, 3.8) is 0 Å². The van der Waals surface area contributed by atoms with Crippen molar-refractivity contribution < 1.29 is 9.90 Å². The van der Waals surface area contributed by atoms with Crippen molar-refractivity contribution in [3.05, 3.63) is 41.0 Å². The van der Waals surface area contributed by atoms with Crippen molar-refractivity contribution in [2.24, 2.45) is 5.92 Å². The lowest BCUT2D eigenvalue weighted by atomic mass is 9.97. The van der Waals surface area contributed by atoms with Gasteiger partial charge in [0.1, 0.15) is 0 Å². The van der Waals surface area contributed by atoms with Gasteiger partial charge in [-0.25, -0.2) is 9.48 Å². The summed E-state index contributed by atoms with van der Waals surface area (Å²) in [4.78, 5) is 12.2. The molecule has 1 atom stereocenters. The van der Waals surface area contributed by atoms with Crippen LogP contribution in [0.1, 0.15) is 25.5 Å². The van der Waals surface area contributed by atoms with E-state index in [2.05, 4.69) is 15.7 Å². The fraction of sp³-hybridized carbons (Fsp3) is 0.412. The van der Waals surface area contributed by atoms with Gasteiger partial charge in [-0.1, -0.05) is 23.7 Å². The summed E-state index contributed by atoms with van der Waals surface area (Å²) >= 11 is 6.21. The molecule has 1 aliphatic rings. The number of aromatic nitrogens is 2. The number of urea groups is 1. The number of aryl methyl sites for hydroxylation is 1. The number of para-hydroxylation sites is 1. The minimum absolute atomic E-state index is 0.0851. The molecule has 3 N–H and O–H groups in total. The van der Waals surface area contributed by atoms with Gasteiger partial charge in [0, 0.05) is 11.8 Å². The number of anilines is 1. The number of rotatable bonds is 5. The van der Waals surface area contributed by atoms with Gasteiger partial charge in [-0.05, 0) is 44.7 Å². The molecule has 1 saturated carbocycles. The van der Waals surface area contributed by atoms with Gasteiger partial charge in [0.15, 0.2) is 5.82 Å². The topological polar surface area (TPSA) is 79.2 Å². The highest BCUT2D eigenvalue weighted by molar-refractivity contribution is 6.32. The van der Waals surface area contributed by atoms with Crippen molar-refractivity contribution >= 4 is 23.4 Å². The first-order chi connectivity index (χ1) is 11.4. The molecule has 0 aliphatic heterocycles. The Labute approximate surface area is 145 Å². The van der Waals surface area contributed by atoms with Crippen LogP contribution in [0.5, 0.6) is 0 Å². The molecule has 1 aromatic carbocycles. The fourth-order valence-corrected chi connectivity index (χ4v) is 3.02. The molecule has 7 heteroatoms. The van der Waals surface area contributed by atoms with Gasteiger partial charge in [-0.2, -0.15) is 0 Å². The lowest BCUT2D eigenvalue weighted by Gasteiger charge is -2.28. The standard InChI is InChI=1S/C17H21ClN4O2/c1-11-9-15(21-22(11)14-6-4-3-5-13(14)18)19-16(24)20-17(2,10-23)12-7-8-12/h3-6,9,12,23H,7-8,10H2,1-2H3,(H2,19,20,21,24). The highest BCUT2D eigenvalue weighted by atomic mass is 35.5. The monoisotopic (exact) mass is 348 g/mol. The largest absolute Gasteiger partial charge is 0.394 e. The molecule has 2 aromatic rings. The predicted molar refractivity (Wildman–Crippen MR) is 93.7 cm³/mol. The second-order valence-electron chi connectivity index (χ2n) is 6.46. The average molecular weight is 349 g/mol. The molecule has 1 fully saturated rings. The Bertz CT molecular complexity index is 757. The first-order valence-electron chi connectivity index (χ1n) is 7.94. The predicted octanol–water partition coefficient (Wildman–Crippen LogP) is 3.12. The van der Waals surface area contributed by atoms with Crippen molar-refractivity contribution in [3.8, 4) is 5.69 Å². The van der Waals surface area contributed by atoms with E-state index in [0.717, 1.165) is 24.2 Å². The number of carbonyl (C=O) groups is 1. The summed E-state index contributed by atoms with van der Waals surface area (Å²) in [7, 11) is 0. The molecular formula is C17H21ClN4O2. The molecule has 128 valence electrons. The second-order valence-corrected chi connectivity index (χ2v) is 6.87. The molecule has 1 aromatic heterocycles. The molecule has 0 spiro atoms. The van der Waals surface area contributed by atoms with E-state index < -0.39 is 5.54 Å². The number of hydrogen-bond donors (Lipinski definition) is 3. The lowest BCUT2D eigenvalue weighted by Crippen LogP contribution is -2.52. The molecule has 6 nitrogen and oxygen atoms in total. The van der Waals surface area contributed by atoms with E-state index in [-0.39, 0.29) is 12.6 Å². The zero-order valence-corrected chi connectivity index (χ0v) is 14.5. The van der Waals surface area contributed by atoms with Crippen molar-refractivity contribution in [2.45, 2.75) is 32.2 Å². The quantitative estimate of drug-likeness (QED) is 0.776. The maximum atomic E-state index is 12.2. The first-order valence-corrected chi connectivity index (χ1v) is 8.32. The average Bonchev–Trinajstić information content (AvgIpc) is 3.33. The van der Waals surface area contributed by atoms with E-state index in [1.54, 1.807) is 16.8 Å². The SMILES string of the molecule is Cc1cc(NC(=O)NC(C)(CO)C2CC2)nn1-c1ccccc1Cl. The van der Waals surface area contributed by atoms with Gasteiger partial charge in [0.2, 0.25) is 0 Å². The third kappa shape index (κ3) is 3.39. The Morgan fingerprint density at radius 3 is 2.79 bits per heavy atom. The normalized spacial score (nSPS) is 16.5. The minimum atomic E-state index is -0.593. The van der Waals surface area contributed by atoms with Crippen LogP contribution in [0.15, 0.2) is 30.3 Å². The van der Waals surface area contributed by atoms with Crippen molar-refractivity contribution in [1.29, 1.82) is 0 Å². The fourth-order valence-electron chi connectivity index (χ4n) is 2.80. The Morgan fingerprint density at radius 1 is 1.46 bits per heavy atom. The minimum Gasteiger partial charge on any atom is -0.394 e. The first kappa shape index (κ1) is 16.8. The van der Waals surface area contributed by atoms with Crippen LogP contribution in [0.2, 0.25) is 5.02 Å². The highest BCUT2D eigenvalue weighted by Gasteiger charge is 2.42. The number of aliphatic hydroxyl groups is 1. The Balaban J connectivity index is 1.73. The number of hydrogen-bond acceptors (Lipinski definition) is 3. The number of halogens is 1. The van der Waals surface area contributed by atoms with Crippen LogP contribution in [-0.4, -0.2) is 33.1 Å². The Morgan fingerprint density at radius 2 is 2.17 bits per heavy atom. The molecule has 0 radical (unpaired) electrons. The summed E-state index contributed by atoms with van der Waals surface area (Å²) in [5.41, 5.74) is 1.01. The van der Waals surface area contributed by atoms with Gasteiger partial charge >= 0.3 is 6.03 Å². The summed E-state index contributed by atoms with van der Waals surface area (Å²) in [5.74, 6) is 0.761. The van der Waals surface area contributed by atoms with Crippen LogP contribution in [-0.2, 0) is 0 Å². The lowest BCUT2D eigenvalue weighted by molar-refractivity contribution is 0.159. The van der Waals surface area contributed by atoms with Crippen molar-refractivity contribution in [2.75, 3.05) is 11.9 Å². The Hall–Kier alpha value is -2.05. The second kappa shape index (κ2) is 6.45. The molecule has 0 saturated heterocycles. The van der Waals surface area contributed by atoms with E-state index in [9.17, 15) is 9.90 Å². The zero-order chi connectivity index (χ0) is 17.3. The smallest absolute Gasteiger partial charge is 0.320 e. The van der Waals surface area contributed by atoms with E-state index in [4.69, 9.17) is 11.6 Å². The molecule has 1 heterocycles. The van der Waals surface area contributed by atoms with E-state index >= 15 is 0 Å². The molecule has 3 rings (SSSR count). The number of nitrogens with zero attached hydrogens (tertiary/aromatic N) is 2. The highest BCUT2D eigenvalue weighted by Crippen LogP contribution is 2.39. The third-order valence-electron chi connectivity index (χ3n) is 4.42. The molecule has 2 amide bonds. The van der Waals surface area contributed by atoms with Gasteiger partial charge in [-0.3, -0.25) is 5.32 Å². The Kier molecular flexibility index (Phi) is 4.51. The van der Waals surface area contributed by atoms with Gasteiger partial charge in [-0.15, -0.1) is 5.10 Å². The molecular weight excluding hydrogens is 328 g/mol. The molecule has 0 bridgehead atoms. The maximum absolute atomic E-state index is 12.2. The van der Waals surface area contributed by atoms with E-state index in [1.165, 1.54) is 0 Å². The number of benzene rings is 1. The maximum Gasteiger partial charge on any atom is 0.320 e. The number of aliphatic hydroxyl groups excluding tert-OH is 1. The van der Waals surface area contributed by atoms with Gasteiger partial charge in [0.25, 0.3) is 0 Å². The number of amides is 2. The van der Waals surface area contributed by atoms with E-state index in [1.807, 2.05) is 32.0 Å². The summed E-state index contributed by atoms with van der Waals surface area (Å²) in [6, 6.07) is 8.79. The summed E-state index contributed by atoms with van der Waals surface area (Å²) in [6.45, 7) is 3.66. The van der Waals surface area contributed by atoms with Crippen LogP contribution in [0.4, 0.5) is 10.6 Å².